The monoisotopic (exact) mass is 320 g/mol. The van der Waals surface area contributed by atoms with Gasteiger partial charge in [-0.15, -0.1) is 0 Å². The van der Waals surface area contributed by atoms with E-state index in [4.69, 9.17) is 0 Å². The molecule has 0 aliphatic rings. The van der Waals surface area contributed by atoms with Crippen molar-refractivity contribution in [1.82, 2.24) is 4.98 Å². The number of aromatic nitrogens is 1. The lowest BCUT2D eigenvalue weighted by Crippen LogP contribution is -2.15. The molecule has 0 radical (unpaired) electrons. The summed E-state index contributed by atoms with van der Waals surface area (Å²) in [7, 11) is 0. The number of pyridine rings is 1. The van der Waals surface area contributed by atoms with Crippen molar-refractivity contribution in [2.45, 2.75) is 12.6 Å². The van der Waals surface area contributed by atoms with E-state index >= 15 is 0 Å². The summed E-state index contributed by atoms with van der Waals surface area (Å²) >= 11 is 2.46. The second-order valence-electron chi connectivity index (χ2n) is 2.77. The molecule has 0 bridgehead atoms. The second kappa shape index (κ2) is 4.51. The maximum absolute atomic E-state index is 12.5. The van der Waals surface area contributed by atoms with Crippen LogP contribution in [0.15, 0.2) is 10.7 Å². The topological polar surface area (TPSA) is 56.0 Å². The highest BCUT2D eigenvalue weighted by Crippen LogP contribution is 2.43. The summed E-state index contributed by atoms with van der Waals surface area (Å²) in [5.74, 6) is -1.64. The van der Waals surface area contributed by atoms with Crippen molar-refractivity contribution in [1.29, 1.82) is 0 Å². The molecule has 0 saturated carbocycles. The molecule has 0 spiro atoms. The largest absolute Gasteiger partial charge is 0.425 e. The number of nitro groups is 1. The second-order valence-corrected chi connectivity index (χ2v) is 3.63. The average molecular weight is 321 g/mol. The van der Waals surface area contributed by atoms with Gasteiger partial charge in [0, 0.05) is 0 Å². The van der Waals surface area contributed by atoms with Crippen LogP contribution in [0.2, 0.25) is 0 Å². The quantitative estimate of drug-likeness (QED) is 0.474. The molecule has 0 aliphatic heterocycles. The molecule has 0 N–H and O–H groups in total. The molecule has 1 aromatic heterocycles. The first-order chi connectivity index (χ1) is 7.66. The van der Waals surface area contributed by atoms with Crippen LogP contribution >= 0.6 is 15.9 Å². The predicted molar refractivity (Wildman–Crippen MR) is 48.6 cm³/mol. The highest BCUT2D eigenvalue weighted by molar-refractivity contribution is 9.10. The summed E-state index contributed by atoms with van der Waals surface area (Å²) in [5, 5.41) is 10.3. The molecular formula is C7H2BrF5N2O2. The molecule has 0 fully saturated rings. The molecule has 94 valence electrons. The van der Waals surface area contributed by atoms with E-state index in [1.165, 1.54) is 0 Å². The minimum absolute atomic E-state index is 0.537. The van der Waals surface area contributed by atoms with E-state index in [0.717, 1.165) is 0 Å². The van der Waals surface area contributed by atoms with Crippen LogP contribution in [0, 0.1) is 10.1 Å². The third kappa shape index (κ3) is 2.68. The zero-order chi connectivity index (χ0) is 13.4. The van der Waals surface area contributed by atoms with Crippen LogP contribution in [0.25, 0.3) is 0 Å². The SMILES string of the molecule is O=[N+]([O-])c1ncc(Br)c(C(F)F)c1C(F)(F)F. The average Bonchev–Trinajstić information content (AvgIpc) is 2.14. The van der Waals surface area contributed by atoms with Crippen molar-refractivity contribution in [3.63, 3.8) is 0 Å². The van der Waals surface area contributed by atoms with Crippen LogP contribution in [0.3, 0.4) is 0 Å². The van der Waals surface area contributed by atoms with Gasteiger partial charge in [0.15, 0.2) is 11.8 Å². The van der Waals surface area contributed by atoms with Gasteiger partial charge in [-0.3, -0.25) is 0 Å². The Morgan fingerprint density at radius 3 is 2.29 bits per heavy atom. The summed E-state index contributed by atoms with van der Waals surface area (Å²) in [6, 6.07) is 0. The van der Waals surface area contributed by atoms with Gasteiger partial charge >= 0.3 is 12.0 Å². The molecule has 10 heteroatoms. The minimum atomic E-state index is -5.29. The molecule has 1 aromatic rings. The standard InChI is InChI=1S/C7H2BrF5N2O2/c8-2-1-14-6(15(16)17)4(7(11,12)13)3(2)5(9)10/h1,5H. The zero-order valence-corrected chi connectivity index (χ0v) is 9.22. The summed E-state index contributed by atoms with van der Waals surface area (Å²) in [5.41, 5.74) is -3.52. The number of rotatable bonds is 2. The number of nitrogens with zero attached hydrogens (tertiary/aromatic N) is 2. The molecule has 0 saturated heterocycles. The van der Waals surface area contributed by atoms with Crippen molar-refractivity contribution >= 4 is 21.7 Å². The van der Waals surface area contributed by atoms with Crippen molar-refractivity contribution in [3.8, 4) is 0 Å². The molecule has 17 heavy (non-hydrogen) atoms. The Labute approximate surface area is 98.7 Å². The maximum Gasteiger partial charge on any atom is 0.425 e. The van der Waals surface area contributed by atoms with Gasteiger partial charge in [-0.05, 0) is 25.8 Å². The van der Waals surface area contributed by atoms with Gasteiger partial charge < -0.3 is 10.1 Å². The summed E-state index contributed by atoms with van der Waals surface area (Å²) < 4.78 is 61.9. The summed E-state index contributed by atoms with van der Waals surface area (Å²) in [4.78, 5) is 11.8. The number of alkyl halides is 5. The fraction of sp³-hybridized carbons (Fsp3) is 0.286. The third-order valence-electron chi connectivity index (χ3n) is 1.73. The lowest BCUT2D eigenvalue weighted by molar-refractivity contribution is -0.393. The van der Waals surface area contributed by atoms with Crippen LogP contribution in [-0.4, -0.2) is 9.91 Å². The first-order valence-corrected chi connectivity index (χ1v) is 4.63. The Bertz CT molecular complexity index is 462. The van der Waals surface area contributed by atoms with Gasteiger partial charge in [-0.1, -0.05) is 0 Å². The van der Waals surface area contributed by atoms with Crippen molar-refractivity contribution in [3.05, 3.63) is 31.9 Å². The molecule has 1 heterocycles. The lowest BCUT2D eigenvalue weighted by Gasteiger charge is -2.12. The van der Waals surface area contributed by atoms with E-state index in [0.29, 0.717) is 6.20 Å². The molecule has 0 aromatic carbocycles. The van der Waals surface area contributed by atoms with Gasteiger partial charge in [0.25, 0.3) is 6.43 Å². The van der Waals surface area contributed by atoms with E-state index in [-0.39, 0.29) is 0 Å². The van der Waals surface area contributed by atoms with Crippen LogP contribution in [0.4, 0.5) is 27.8 Å². The Balaban J connectivity index is 3.68. The third-order valence-corrected chi connectivity index (χ3v) is 2.36. The van der Waals surface area contributed by atoms with Gasteiger partial charge in [0.05, 0.1) is 10.0 Å². The maximum atomic E-state index is 12.5. The molecule has 0 unspecified atom stereocenters. The Hall–Kier alpha value is -1.32. The normalized spacial score (nSPS) is 11.9. The first kappa shape index (κ1) is 13.7. The Kier molecular flexibility index (Phi) is 3.65. The van der Waals surface area contributed by atoms with E-state index in [1.54, 1.807) is 0 Å². The van der Waals surface area contributed by atoms with Crippen LogP contribution in [0.5, 0.6) is 0 Å². The molecule has 0 atom stereocenters. The molecule has 1 rings (SSSR count). The molecular weight excluding hydrogens is 319 g/mol. The minimum Gasteiger partial charge on any atom is -0.358 e. The van der Waals surface area contributed by atoms with Crippen molar-refractivity contribution in [2.75, 3.05) is 0 Å². The Morgan fingerprint density at radius 2 is 1.94 bits per heavy atom. The summed E-state index contributed by atoms with van der Waals surface area (Å²) in [6.45, 7) is 0. The van der Waals surface area contributed by atoms with Gasteiger partial charge in [-0.2, -0.15) is 13.2 Å². The van der Waals surface area contributed by atoms with Crippen LogP contribution in [0.1, 0.15) is 17.6 Å². The fourth-order valence-electron chi connectivity index (χ4n) is 1.12. The lowest BCUT2D eigenvalue weighted by atomic mass is 10.1. The van der Waals surface area contributed by atoms with E-state index < -0.39 is 38.9 Å². The highest BCUT2D eigenvalue weighted by Gasteiger charge is 2.45. The van der Waals surface area contributed by atoms with Crippen LogP contribution in [-0.2, 0) is 6.18 Å². The smallest absolute Gasteiger partial charge is 0.358 e. The fourth-order valence-corrected chi connectivity index (χ4v) is 1.60. The van der Waals surface area contributed by atoms with Gasteiger partial charge in [0.2, 0.25) is 0 Å². The van der Waals surface area contributed by atoms with Crippen molar-refractivity contribution < 1.29 is 26.9 Å². The number of hydrogen-bond acceptors (Lipinski definition) is 3. The molecule has 0 aliphatic carbocycles. The first-order valence-electron chi connectivity index (χ1n) is 3.84. The highest BCUT2D eigenvalue weighted by atomic mass is 79.9. The molecule has 4 nitrogen and oxygen atoms in total. The van der Waals surface area contributed by atoms with Crippen molar-refractivity contribution in [2.24, 2.45) is 0 Å². The van der Waals surface area contributed by atoms with Gasteiger partial charge in [0.1, 0.15) is 0 Å². The predicted octanol–water partition coefficient (Wildman–Crippen LogP) is 3.71. The van der Waals surface area contributed by atoms with E-state index in [9.17, 15) is 32.1 Å². The zero-order valence-electron chi connectivity index (χ0n) is 7.63. The Morgan fingerprint density at radius 1 is 1.41 bits per heavy atom. The van der Waals surface area contributed by atoms with E-state index in [2.05, 4.69) is 20.9 Å². The van der Waals surface area contributed by atoms with E-state index in [1.807, 2.05) is 0 Å². The summed E-state index contributed by atoms with van der Waals surface area (Å²) in [6.07, 6.45) is -8.26. The number of halogens is 6. The van der Waals surface area contributed by atoms with Crippen LogP contribution < -0.4 is 0 Å². The number of hydrogen-bond donors (Lipinski definition) is 0. The molecule has 0 amide bonds. The van der Waals surface area contributed by atoms with Gasteiger partial charge in [-0.25, -0.2) is 8.78 Å².